The lowest BCUT2D eigenvalue weighted by Gasteiger charge is -2.16. The Kier molecular flexibility index (Phi) is 5.20. The van der Waals surface area contributed by atoms with E-state index in [2.05, 4.69) is 13.8 Å². The van der Waals surface area contributed by atoms with Gasteiger partial charge in [0.05, 0.1) is 6.42 Å². The second kappa shape index (κ2) is 6.83. The maximum atomic E-state index is 12.4. The van der Waals surface area contributed by atoms with Crippen LogP contribution in [0.5, 0.6) is 0 Å². The van der Waals surface area contributed by atoms with Crippen LogP contribution in [0, 0.1) is 5.92 Å². The molecule has 0 heterocycles. The molecule has 1 aromatic carbocycles. The largest absolute Gasteiger partial charge is 0.480 e. The molecule has 0 aliphatic heterocycles. The Balaban J connectivity index is 1.96. The Hall–Kier alpha value is -2.05. The molecule has 3 unspecified atom stereocenters. The molecule has 7 heteroatoms. The van der Waals surface area contributed by atoms with E-state index in [4.69, 9.17) is 5.11 Å². The van der Waals surface area contributed by atoms with E-state index in [1.807, 2.05) is 29.6 Å². The number of carboxylic acid groups (broad SMARTS) is 1. The second-order valence-corrected chi connectivity index (χ2v) is 6.49. The van der Waals surface area contributed by atoms with Crippen molar-refractivity contribution in [1.29, 1.82) is 0 Å². The number of carbonyl (C=O) groups is 2. The number of halogens is 3. The van der Waals surface area contributed by atoms with Crippen LogP contribution in [0.4, 0.5) is 13.2 Å². The van der Waals surface area contributed by atoms with E-state index in [-0.39, 0.29) is 5.92 Å². The fourth-order valence-corrected chi connectivity index (χ4v) is 2.69. The summed E-state index contributed by atoms with van der Waals surface area (Å²) in [5.41, 5.74) is 2.11. The van der Waals surface area contributed by atoms with Gasteiger partial charge in [-0.25, -0.2) is 4.79 Å². The van der Waals surface area contributed by atoms with Crippen LogP contribution in [0.2, 0.25) is 0 Å². The molecule has 1 aliphatic rings. The van der Waals surface area contributed by atoms with E-state index < -0.39 is 36.4 Å². The molecule has 1 fully saturated rings. The summed E-state index contributed by atoms with van der Waals surface area (Å²) in [6.07, 6.45) is -5.70. The zero-order valence-electron chi connectivity index (χ0n) is 13.4. The zero-order valence-corrected chi connectivity index (χ0v) is 13.4. The quantitative estimate of drug-likeness (QED) is 0.831. The molecule has 0 bridgehead atoms. The Morgan fingerprint density at radius 2 is 1.83 bits per heavy atom. The van der Waals surface area contributed by atoms with Crippen molar-refractivity contribution in [2.24, 2.45) is 5.92 Å². The number of hydrogen-bond acceptors (Lipinski definition) is 2. The van der Waals surface area contributed by atoms with Crippen LogP contribution in [-0.2, 0) is 9.59 Å². The van der Waals surface area contributed by atoms with Crippen molar-refractivity contribution in [3.8, 4) is 0 Å². The van der Waals surface area contributed by atoms with Crippen molar-refractivity contribution in [3.63, 3.8) is 0 Å². The molecular weight excluding hydrogens is 323 g/mol. The smallest absolute Gasteiger partial charge is 0.391 e. The summed E-state index contributed by atoms with van der Waals surface area (Å²) in [5.74, 6) is -2.46. The summed E-state index contributed by atoms with van der Waals surface area (Å²) in [5, 5.41) is 10.8. The SMILES string of the molecule is CC(C)c1ccc(C2CC2C(=O)NC(CC(F)(F)F)C(=O)O)cc1. The Morgan fingerprint density at radius 1 is 1.25 bits per heavy atom. The fourth-order valence-electron chi connectivity index (χ4n) is 2.69. The molecule has 0 aromatic heterocycles. The van der Waals surface area contributed by atoms with Gasteiger partial charge in [-0.3, -0.25) is 4.79 Å². The fraction of sp³-hybridized carbons (Fsp3) is 0.529. The number of carbonyl (C=O) groups excluding carboxylic acids is 1. The van der Waals surface area contributed by atoms with Gasteiger partial charge in [-0.15, -0.1) is 0 Å². The number of benzene rings is 1. The molecule has 0 spiro atoms. The van der Waals surface area contributed by atoms with Gasteiger partial charge in [-0.2, -0.15) is 13.2 Å². The van der Waals surface area contributed by atoms with Gasteiger partial charge >= 0.3 is 12.1 Å². The average Bonchev–Trinajstić information content (AvgIpc) is 3.25. The van der Waals surface area contributed by atoms with Crippen LogP contribution in [-0.4, -0.2) is 29.2 Å². The first kappa shape index (κ1) is 18.3. The highest BCUT2D eigenvalue weighted by atomic mass is 19.4. The number of nitrogens with one attached hydrogen (secondary N) is 1. The normalized spacial score (nSPS) is 21.4. The van der Waals surface area contributed by atoms with Crippen molar-refractivity contribution >= 4 is 11.9 Å². The molecule has 3 atom stereocenters. The molecule has 1 saturated carbocycles. The summed E-state index contributed by atoms with van der Waals surface area (Å²) in [4.78, 5) is 22.9. The molecule has 2 rings (SSSR count). The lowest BCUT2D eigenvalue weighted by atomic mass is 10.00. The van der Waals surface area contributed by atoms with E-state index in [1.54, 1.807) is 0 Å². The third-order valence-electron chi connectivity index (χ3n) is 4.21. The average molecular weight is 343 g/mol. The molecule has 2 N–H and O–H groups in total. The zero-order chi connectivity index (χ0) is 18.1. The van der Waals surface area contributed by atoms with Gasteiger partial charge < -0.3 is 10.4 Å². The number of rotatable bonds is 6. The van der Waals surface area contributed by atoms with Gasteiger partial charge in [-0.1, -0.05) is 38.1 Å². The summed E-state index contributed by atoms with van der Waals surface area (Å²) in [6, 6.07) is 5.82. The number of alkyl halides is 3. The third kappa shape index (κ3) is 4.72. The minimum Gasteiger partial charge on any atom is -0.480 e. The van der Waals surface area contributed by atoms with E-state index in [1.165, 1.54) is 0 Å². The molecule has 1 aliphatic carbocycles. The molecule has 24 heavy (non-hydrogen) atoms. The minimum atomic E-state index is -4.65. The van der Waals surface area contributed by atoms with Crippen LogP contribution in [0.1, 0.15) is 49.7 Å². The molecule has 0 radical (unpaired) electrons. The van der Waals surface area contributed by atoms with Crippen LogP contribution >= 0.6 is 0 Å². The first-order valence-corrected chi connectivity index (χ1v) is 7.78. The van der Waals surface area contributed by atoms with Gasteiger partial charge in [0, 0.05) is 5.92 Å². The Labute approximate surface area is 138 Å². The first-order valence-electron chi connectivity index (χ1n) is 7.78. The van der Waals surface area contributed by atoms with Crippen molar-refractivity contribution in [2.45, 2.75) is 50.7 Å². The van der Waals surface area contributed by atoms with E-state index in [9.17, 15) is 22.8 Å². The molecule has 132 valence electrons. The van der Waals surface area contributed by atoms with Crippen LogP contribution in [0.25, 0.3) is 0 Å². The molecule has 4 nitrogen and oxygen atoms in total. The van der Waals surface area contributed by atoms with Crippen LogP contribution in [0.3, 0.4) is 0 Å². The van der Waals surface area contributed by atoms with Gasteiger partial charge in [0.25, 0.3) is 0 Å². The first-order chi connectivity index (χ1) is 11.1. The topological polar surface area (TPSA) is 66.4 Å². The van der Waals surface area contributed by atoms with Crippen molar-refractivity contribution < 1.29 is 27.9 Å². The standard InChI is InChI=1S/C17H20F3NO3/c1-9(2)10-3-5-11(6-4-10)12-7-13(12)15(22)21-14(16(23)24)8-17(18,19)20/h3-6,9,12-14H,7-8H2,1-2H3,(H,21,22)(H,23,24). The predicted octanol–water partition coefficient (Wildman–Crippen LogP) is 3.44. The predicted molar refractivity (Wildman–Crippen MR) is 81.6 cm³/mol. The van der Waals surface area contributed by atoms with Gasteiger partial charge in [0.2, 0.25) is 5.91 Å². The van der Waals surface area contributed by atoms with Crippen LogP contribution < -0.4 is 5.32 Å². The number of carboxylic acids is 1. The molecular formula is C17H20F3NO3. The summed E-state index contributed by atoms with van der Waals surface area (Å²) in [6.45, 7) is 4.13. The van der Waals surface area contributed by atoms with E-state index in [0.29, 0.717) is 12.3 Å². The van der Waals surface area contributed by atoms with E-state index >= 15 is 0 Å². The highest BCUT2D eigenvalue weighted by Crippen LogP contribution is 2.47. The molecule has 1 amide bonds. The lowest BCUT2D eigenvalue weighted by Crippen LogP contribution is -2.44. The van der Waals surface area contributed by atoms with E-state index in [0.717, 1.165) is 11.1 Å². The Morgan fingerprint density at radius 3 is 2.29 bits per heavy atom. The minimum absolute atomic E-state index is 0.0634. The third-order valence-corrected chi connectivity index (χ3v) is 4.21. The summed E-state index contributed by atoms with van der Waals surface area (Å²) < 4.78 is 37.1. The number of amides is 1. The van der Waals surface area contributed by atoms with Crippen molar-refractivity contribution in [3.05, 3.63) is 35.4 Å². The van der Waals surface area contributed by atoms with Gasteiger partial charge in [-0.05, 0) is 29.4 Å². The van der Waals surface area contributed by atoms with Crippen molar-refractivity contribution in [2.75, 3.05) is 0 Å². The summed E-state index contributed by atoms with van der Waals surface area (Å²) >= 11 is 0. The highest BCUT2D eigenvalue weighted by molar-refractivity contribution is 5.87. The van der Waals surface area contributed by atoms with Gasteiger partial charge in [0.1, 0.15) is 6.04 Å². The van der Waals surface area contributed by atoms with Crippen molar-refractivity contribution in [1.82, 2.24) is 5.32 Å². The maximum Gasteiger partial charge on any atom is 0.391 e. The number of aliphatic carboxylic acids is 1. The Bertz CT molecular complexity index is 611. The maximum absolute atomic E-state index is 12.4. The molecule has 0 saturated heterocycles. The monoisotopic (exact) mass is 343 g/mol. The van der Waals surface area contributed by atoms with Gasteiger partial charge in [0.15, 0.2) is 0 Å². The number of hydrogen-bond donors (Lipinski definition) is 2. The highest BCUT2D eigenvalue weighted by Gasteiger charge is 2.46. The summed E-state index contributed by atoms with van der Waals surface area (Å²) in [7, 11) is 0. The van der Waals surface area contributed by atoms with Crippen LogP contribution in [0.15, 0.2) is 24.3 Å². The second-order valence-electron chi connectivity index (χ2n) is 6.49. The lowest BCUT2D eigenvalue weighted by molar-refractivity contribution is -0.160. The molecule has 1 aromatic rings.